The number of halogens is 2. The van der Waals surface area contributed by atoms with Crippen LogP contribution in [0.25, 0.3) is 0 Å². The maximum absolute atomic E-state index is 15.3. The summed E-state index contributed by atoms with van der Waals surface area (Å²) in [5.41, 5.74) is -1.15. The first kappa shape index (κ1) is 28.6. The molecule has 3 N–H and O–H groups in total. The Hall–Kier alpha value is -2.97. The highest BCUT2D eigenvalue weighted by Crippen LogP contribution is 2.40. The van der Waals surface area contributed by atoms with Gasteiger partial charge in [-0.3, -0.25) is 14.4 Å². The number of ether oxygens (including phenoxy) is 1. The van der Waals surface area contributed by atoms with E-state index in [4.69, 9.17) is 4.74 Å². The number of nitrogens with zero attached hydrogens (tertiary/aromatic N) is 2. The van der Waals surface area contributed by atoms with Crippen LogP contribution in [0.4, 0.5) is 13.6 Å². The fraction of sp³-hybridized carbons (Fsp3) is 0.800. The van der Waals surface area contributed by atoms with Gasteiger partial charge in [-0.25, -0.2) is 13.6 Å². The van der Waals surface area contributed by atoms with Crippen LogP contribution in [0.1, 0.15) is 59.8 Å². The maximum Gasteiger partial charge on any atom is 0.407 e. The van der Waals surface area contributed by atoms with Crippen LogP contribution in [-0.2, 0) is 19.1 Å². The van der Waals surface area contributed by atoms with Gasteiger partial charge in [0.15, 0.2) is 0 Å². The summed E-state index contributed by atoms with van der Waals surface area (Å²) >= 11 is 0. The highest BCUT2D eigenvalue weighted by atomic mass is 19.3. The monoisotopic (exact) mass is 525 g/mol. The number of alkyl halides is 2. The molecule has 3 aliphatic rings. The van der Waals surface area contributed by atoms with Crippen molar-refractivity contribution >= 4 is 23.8 Å². The van der Waals surface area contributed by atoms with Gasteiger partial charge in [-0.1, -0.05) is 27.7 Å². The Labute approximate surface area is 215 Å². The number of rotatable bonds is 2. The van der Waals surface area contributed by atoms with Crippen molar-refractivity contribution in [1.29, 1.82) is 5.26 Å². The summed E-state index contributed by atoms with van der Waals surface area (Å²) in [7, 11) is 1.13. The van der Waals surface area contributed by atoms with Crippen molar-refractivity contribution in [2.75, 3.05) is 13.7 Å². The molecule has 6 atom stereocenters. The largest absolute Gasteiger partial charge is 0.453 e. The van der Waals surface area contributed by atoms with E-state index in [1.807, 2.05) is 19.9 Å². The van der Waals surface area contributed by atoms with E-state index in [9.17, 15) is 24.4 Å². The van der Waals surface area contributed by atoms with Gasteiger partial charge in [0.2, 0.25) is 17.7 Å². The van der Waals surface area contributed by atoms with Gasteiger partial charge in [0.25, 0.3) is 5.92 Å². The molecule has 0 spiro atoms. The summed E-state index contributed by atoms with van der Waals surface area (Å²) in [6.45, 7) is 7.31. The zero-order valence-corrected chi connectivity index (χ0v) is 22.0. The van der Waals surface area contributed by atoms with E-state index in [1.165, 1.54) is 4.90 Å². The van der Waals surface area contributed by atoms with E-state index in [0.717, 1.165) is 7.11 Å². The van der Waals surface area contributed by atoms with Gasteiger partial charge in [-0.15, -0.1) is 0 Å². The third-order valence-corrected chi connectivity index (χ3v) is 8.14. The van der Waals surface area contributed by atoms with Gasteiger partial charge in [0, 0.05) is 18.9 Å². The van der Waals surface area contributed by atoms with E-state index in [-0.39, 0.29) is 37.6 Å². The number of carbonyl (C=O) groups is 4. The smallest absolute Gasteiger partial charge is 0.407 e. The van der Waals surface area contributed by atoms with Gasteiger partial charge in [0.1, 0.15) is 18.1 Å². The van der Waals surface area contributed by atoms with Gasteiger partial charge in [-0.2, -0.15) is 5.26 Å². The Bertz CT molecular complexity index is 966. The second-order valence-electron chi connectivity index (χ2n) is 11.4. The molecular formula is C25H37F2N5O5. The van der Waals surface area contributed by atoms with Crippen LogP contribution in [-0.4, -0.2) is 72.5 Å². The number of carbonyl (C=O) groups excluding carboxylic acids is 4. The fourth-order valence-electron chi connectivity index (χ4n) is 5.75. The molecule has 0 saturated carbocycles. The van der Waals surface area contributed by atoms with Crippen LogP contribution in [0.3, 0.4) is 0 Å². The first-order chi connectivity index (χ1) is 17.2. The number of hydrogen-bond donors (Lipinski definition) is 3. The zero-order chi connectivity index (χ0) is 27.7. The molecule has 206 valence electrons. The predicted molar refractivity (Wildman–Crippen MR) is 128 cm³/mol. The Kier molecular flexibility index (Phi) is 8.34. The molecule has 0 radical (unpaired) electrons. The van der Waals surface area contributed by atoms with Crippen LogP contribution >= 0.6 is 0 Å². The molecule has 0 aromatic carbocycles. The second-order valence-corrected chi connectivity index (χ2v) is 11.4. The number of fused-ring (bicyclic) bond motifs is 3. The van der Waals surface area contributed by atoms with E-state index in [0.29, 0.717) is 6.42 Å². The molecule has 3 saturated heterocycles. The van der Waals surface area contributed by atoms with E-state index in [1.54, 1.807) is 13.8 Å². The Morgan fingerprint density at radius 2 is 1.84 bits per heavy atom. The van der Waals surface area contributed by atoms with Crippen molar-refractivity contribution in [3.8, 4) is 6.07 Å². The summed E-state index contributed by atoms with van der Waals surface area (Å²) in [6, 6.07) is -2.73. The van der Waals surface area contributed by atoms with Crippen LogP contribution in [0.5, 0.6) is 0 Å². The molecule has 3 heterocycles. The normalized spacial score (nSPS) is 33.9. The highest BCUT2D eigenvalue weighted by molar-refractivity contribution is 5.93. The van der Waals surface area contributed by atoms with Crippen molar-refractivity contribution in [2.45, 2.75) is 89.9 Å². The minimum Gasteiger partial charge on any atom is -0.453 e. The Balaban J connectivity index is 2.06. The lowest BCUT2D eigenvalue weighted by atomic mass is 9.77. The van der Waals surface area contributed by atoms with Crippen molar-refractivity contribution in [2.24, 2.45) is 23.2 Å². The predicted octanol–water partition coefficient (Wildman–Crippen LogP) is 1.94. The first-order valence-electron chi connectivity index (χ1n) is 12.7. The number of methoxy groups -OCH3 is 1. The van der Waals surface area contributed by atoms with E-state index in [2.05, 4.69) is 16.0 Å². The Morgan fingerprint density at radius 1 is 1.16 bits per heavy atom. The molecule has 0 aromatic heterocycles. The fourth-order valence-corrected chi connectivity index (χ4v) is 5.75. The molecule has 3 rings (SSSR count). The molecule has 37 heavy (non-hydrogen) atoms. The molecule has 12 heteroatoms. The molecule has 10 nitrogen and oxygen atoms in total. The molecule has 0 unspecified atom stereocenters. The summed E-state index contributed by atoms with van der Waals surface area (Å²) < 4.78 is 35.2. The van der Waals surface area contributed by atoms with Crippen LogP contribution in [0.15, 0.2) is 0 Å². The maximum atomic E-state index is 15.3. The molecular weight excluding hydrogens is 488 g/mol. The lowest BCUT2D eigenvalue weighted by Gasteiger charge is -2.39. The third kappa shape index (κ3) is 5.96. The molecule has 3 aliphatic heterocycles. The summed E-state index contributed by atoms with van der Waals surface area (Å²) in [4.78, 5) is 53.5. The van der Waals surface area contributed by atoms with Gasteiger partial charge >= 0.3 is 6.09 Å². The first-order valence-corrected chi connectivity index (χ1v) is 12.7. The van der Waals surface area contributed by atoms with Gasteiger partial charge in [0.05, 0.1) is 19.2 Å². The number of amides is 4. The second kappa shape index (κ2) is 10.8. The molecule has 0 aromatic rings. The number of nitrogens with one attached hydrogen (secondary N) is 3. The average molecular weight is 526 g/mol. The van der Waals surface area contributed by atoms with E-state index < -0.39 is 71.7 Å². The number of nitriles is 1. The van der Waals surface area contributed by atoms with Crippen LogP contribution < -0.4 is 16.0 Å². The molecule has 2 bridgehead atoms. The minimum absolute atomic E-state index is 0.0243. The summed E-state index contributed by atoms with van der Waals surface area (Å²) in [6.07, 6.45) is -1.45. The van der Waals surface area contributed by atoms with Gasteiger partial charge in [-0.05, 0) is 42.9 Å². The SMILES string of the molecule is COC(=O)N[C@@H]1C(=O)N2CC[C@H](C(C)C)[C@H]2C(=O)N[C@H](C#N)C[C@@H]2C[C@H](NC2=O)C(F)(F)CCC1(C)C. The summed E-state index contributed by atoms with van der Waals surface area (Å²) in [5, 5.41) is 17.2. The molecule has 0 aliphatic carbocycles. The van der Waals surface area contributed by atoms with Crippen molar-refractivity contribution in [3.63, 3.8) is 0 Å². The third-order valence-electron chi connectivity index (χ3n) is 8.14. The Morgan fingerprint density at radius 3 is 2.43 bits per heavy atom. The average Bonchev–Trinajstić information content (AvgIpc) is 3.44. The standard InChI is InChI=1S/C25H37F2N5O5/c1-13(2)16-6-9-32-18(16)21(34)29-15(12-28)10-14-11-17(30-20(14)33)25(26,27)8-7-24(3,4)19(22(32)35)31-23(36)37-5/h13-19H,6-11H2,1-5H3,(H,29,34)(H,30,33)(H,31,36)/t14-,15+,16-,17+,18+,19-/m1/s1. The number of alkyl carbamates (subject to hydrolysis) is 1. The quantitative estimate of drug-likeness (QED) is 0.503. The lowest BCUT2D eigenvalue weighted by molar-refractivity contribution is -0.144. The molecule has 4 amide bonds. The van der Waals surface area contributed by atoms with Crippen molar-refractivity contribution in [1.82, 2.24) is 20.9 Å². The summed E-state index contributed by atoms with van der Waals surface area (Å²) in [5.74, 6) is -6.02. The van der Waals surface area contributed by atoms with Crippen LogP contribution in [0, 0.1) is 34.5 Å². The van der Waals surface area contributed by atoms with Crippen molar-refractivity contribution in [3.05, 3.63) is 0 Å². The van der Waals surface area contributed by atoms with Gasteiger partial charge < -0.3 is 25.6 Å². The highest BCUT2D eigenvalue weighted by Gasteiger charge is 2.52. The van der Waals surface area contributed by atoms with E-state index >= 15 is 8.78 Å². The minimum atomic E-state index is -3.29. The van der Waals surface area contributed by atoms with Crippen molar-refractivity contribution < 1.29 is 32.7 Å². The van der Waals surface area contributed by atoms with Crippen LogP contribution in [0.2, 0.25) is 0 Å². The lowest BCUT2D eigenvalue weighted by Crippen LogP contribution is -2.60. The topological polar surface area (TPSA) is 141 Å². The number of hydrogen-bond acceptors (Lipinski definition) is 6. The molecule has 3 fully saturated rings. The zero-order valence-electron chi connectivity index (χ0n) is 22.0.